The molecule has 4 rings (SSSR count). The molecular weight excluding hydrogens is 430 g/mol. The van der Waals surface area contributed by atoms with E-state index in [1.807, 2.05) is 48.5 Å². The molecule has 0 radical (unpaired) electrons. The maximum atomic E-state index is 13.9. The largest absolute Gasteiger partial charge is 0.493 e. The lowest BCUT2D eigenvalue weighted by Crippen LogP contribution is -2.44. The maximum absolute atomic E-state index is 13.9. The van der Waals surface area contributed by atoms with Crippen LogP contribution in [-0.4, -0.2) is 42.3 Å². The number of imide groups is 1. The summed E-state index contributed by atoms with van der Waals surface area (Å²) in [6.07, 6.45) is 4.93. The van der Waals surface area contributed by atoms with Crippen molar-refractivity contribution in [1.29, 1.82) is 0 Å². The molecule has 0 N–H and O–H groups in total. The molecule has 0 spiro atoms. The summed E-state index contributed by atoms with van der Waals surface area (Å²) in [6.45, 7) is 5.72. The third-order valence-electron chi connectivity index (χ3n) is 6.69. The first-order chi connectivity index (χ1) is 16.2. The number of benzene rings is 2. The van der Waals surface area contributed by atoms with Crippen molar-refractivity contribution in [2.75, 3.05) is 13.7 Å². The van der Waals surface area contributed by atoms with Gasteiger partial charge < -0.3 is 14.2 Å². The fraction of sp³-hybridized carbons (Fsp3) is 0.500. The molecule has 0 bridgehead atoms. The molecular formula is C28H35NO5. The van der Waals surface area contributed by atoms with Crippen molar-refractivity contribution in [3.8, 4) is 11.5 Å². The van der Waals surface area contributed by atoms with Crippen LogP contribution in [0.5, 0.6) is 11.5 Å². The monoisotopic (exact) mass is 465 g/mol. The molecule has 2 fully saturated rings. The fourth-order valence-corrected chi connectivity index (χ4v) is 4.99. The normalized spacial score (nSPS) is 21.1. The third kappa shape index (κ3) is 5.06. The van der Waals surface area contributed by atoms with Gasteiger partial charge in [0.1, 0.15) is 5.60 Å². The van der Waals surface area contributed by atoms with Gasteiger partial charge in [0.2, 0.25) is 5.91 Å². The Morgan fingerprint density at radius 3 is 2.41 bits per heavy atom. The van der Waals surface area contributed by atoms with E-state index in [9.17, 15) is 9.59 Å². The van der Waals surface area contributed by atoms with Crippen LogP contribution in [0.25, 0.3) is 0 Å². The molecule has 6 nitrogen and oxygen atoms in total. The Bertz CT molecular complexity index is 1020. The van der Waals surface area contributed by atoms with Crippen molar-refractivity contribution in [1.82, 2.24) is 4.90 Å². The van der Waals surface area contributed by atoms with Gasteiger partial charge in [-0.05, 0) is 82.6 Å². The van der Waals surface area contributed by atoms with E-state index in [1.165, 1.54) is 4.90 Å². The molecule has 1 saturated carbocycles. The van der Waals surface area contributed by atoms with Crippen LogP contribution in [-0.2, 0) is 21.4 Å². The van der Waals surface area contributed by atoms with E-state index in [0.717, 1.165) is 36.8 Å². The number of amides is 2. The van der Waals surface area contributed by atoms with Crippen LogP contribution >= 0.6 is 0 Å². The molecule has 6 heteroatoms. The highest BCUT2D eigenvalue weighted by Crippen LogP contribution is 2.43. The van der Waals surface area contributed by atoms with Crippen LogP contribution in [0.1, 0.15) is 64.0 Å². The summed E-state index contributed by atoms with van der Waals surface area (Å²) in [5.74, 6) is 1.07. The van der Waals surface area contributed by atoms with Crippen LogP contribution in [0.3, 0.4) is 0 Å². The van der Waals surface area contributed by atoms with Gasteiger partial charge in [0, 0.05) is 6.54 Å². The topological polar surface area (TPSA) is 65.1 Å². The summed E-state index contributed by atoms with van der Waals surface area (Å²) in [5, 5.41) is 0. The minimum absolute atomic E-state index is 0.159. The number of nitrogens with zero attached hydrogens (tertiary/aromatic N) is 1. The zero-order chi connectivity index (χ0) is 24.3. The van der Waals surface area contributed by atoms with Gasteiger partial charge >= 0.3 is 6.09 Å². The average Bonchev–Trinajstić information content (AvgIpc) is 3.42. The van der Waals surface area contributed by atoms with Gasteiger partial charge in [0.25, 0.3) is 0 Å². The second-order valence-electron chi connectivity index (χ2n) is 10.3. The number of likely N-dealkylation sites (tertiary alicyclic amines) is 1. The fourth-order valence-electron chi connectivity index (χ4n) is 4.99. The molecule has 0 aromatic heterocycles. The van der Waals surface area contributed by atoms with E-state index in [1.54, 1.807) is 27.9 Å². The molecule has 1 aliphatic heterocycles. The van der Waals surface area contributed by atoms with E-state index in [2.05, 4.69) is 0 Å². The molecule has 34 heavy (non-hydrogen) atoms. The van der Waals surface area contributed by atoms with Crippen molar-refractivity contribution in [2.24, 2.45) is 0 Å². The molecule has 2 aromatic carbocycles. The Morgan fingerprint density at radius 1 is 1.06 bits per heavy atom. The van der Waals surface area contributed by atoms with E-state index in [-0.39, 0.29) is 12.0 Å². The first kappa shape index (κ1) is 24.1. The van der Waals surface area contributed by atoms with Gasteiger partial charge in [-0.2, -0.15) is 0 Å². The zero-order valence-electron chi connectivity index (χ0n) is 20.6. The highest BCUT2D eigenvalue weighted by Gasteiger charge is 2.51. The second-order valence-corrected chi connectivity index (χ2v) is 10.3. The smallest absolute Gasteiger partial charge is 0.417 e. The van der Waals surface area contributed by atoms with Gasteiger partial charge in [-0.1, -0.05) is 36.4 Å². The zero-order valence-corrected chi connectivity index (χ0v) is 20.6. The number of hydrogen-bond acceptors (Lipinski definition) is 5. The summed E-state index contributed by atoms with van der Waals surface area (Å²) in [7, 11) is 1.63. The van der Waals surface area contributed by atoms with Crippen molar-refractivity contribution in [3.63, 3.8) is 0 Å². The van der Waals surface area contributed by atoms with Gasteiger partial charge in [-0.3, -0.25) is 4.79 Å². The lowest BCUT2D eigenvalue weighted by molar-refractivity contribution is -0.131. The molecule has 1 atom stereocenters. The SMILES string of the molecule is COc1ccc(C2(Cc3ccccc3)CCN(C(=O)OC(C)(C)C)C2=O)cc1OC1CCCC1. The number of carbonyl (C=O) groups excluding carboxylic acids is 2. The Balaban J connectivity index is 1.72. The molecule has 1 heterocycles. The van der Waals surface area contributed by atoms with Gasteiger partial charge in [-0.15, -0.1) is 0 Å². The van der Waals surface area contributed by atoms with E-state index < -0.39 is 17.1 Å². The summed E-state index contributed by atoms with van der Waals surface area (Å²) in [6, 6.07) is 15.7. The van der Waals surface area contributed by atoms with Crippen molar-refractivity contribution < 1.29 is 23.8 Å². The van der Waals surface area contributed by atoms with Crippen molar-refractivity contribution in [3.05, 3.63) is 59.7 Å². The lowest BCUT2D eigenvalue weighted by Gasteiger charge is -2.30. The van der Waals surface area contributed by atoms with Crippen molar-refractivity contribution in [2.45, 2.75) is 76.4 Å². The van der Waals surface area contributed by atoms with E-state index in [4.69, 9.17) is 14.2 Å². The van der Waals surface area contributed by atoms with E-state index >= 15 is 0 Å². The third-order valence-corrected chi connectivity index (χ3v) is 6.69. The maximum Gasteiger partial charge on any atom is 0.417 e. The summed E-state index contributed by atoms with van der Waals surface area (Å²) in [5.41, 5.74) is 0.306. The summed E-state index contributed by atoms with van der Waals surface area (Å²) >= 11 is 0. The molecule has 1 saturated heterocycles. The number of hydrogen-bond donors (Lipinski definition) is 0. The quantitative estimate of drug-likeness (QED) is 0.550. The molecule has 2 amide bonds. The predicted octanol–water partition coefficient (Wildman–Crippen LogP) is 5.66. The van der Waals surface area contributed by atoms with Gasteiger partial charge in [0.05, 0.1) is 18.6 Å². The Kier molecular flexibility index (Phi) is 6.87. The van der Waals surface area contributed by atoms with Crippen LogP contribution in [0, 0.1) is 0 Å². The number of carbonyl (C=O) groups is 2. The molecule has 1 aliphatic carbocycles. The van der Waals surface area contributed by atoms with Crippen LogP contribution in [0.2, 0.25) is 0 Å². The molecule has 182 valence electrons. The van der Waals surface area contributed by atoms with E-state index in [0.29, 0.717) is 30.9 Å². The highest BCUT2D eigenvalue weighted by molar-refractivity contribution is 6.01. The minimum Gasteiger partial charge on any atom is -0.493 e. The van der Waals surface area contributed by atoms with Gasteiger partial charge in [0.15, 0.2) is 11.5 Å². The Labute approximate surface area is 202 Å². The lowest BCUT2D eigenvalue weighted by atomic mass is 9.74. The standard InChI is InChI=1S/C28H35NO5/c1-27(2,3)34-26(31)29-17-16-28(25(29)30,19-20-10-6-5-7-11-20)21-14-15-23(32-4)24(18-21)33-22-12-8-9-13-22/h5-7,10-11,14-15,18,22H,8-9,12-13,16-17,19H2,1-4H3. The number of methoxy groups -OCH3 is 1. The Morgan fingerprint density at radius 2 is 1.76 bits per heavy atom. The first-order valence-corrected chi connectivity index (χ1v) is 12.2. The molecule has 2 aliphatic rings. The number of rotatable bonds is 6. The average molecular weight is 466 g/mol. The summed E-state index contributed by atoms with van der Waals surface area (Å²) in [4.78, 5) is 28.1. The summed E-state index contributed by atoms with van der Waals surface area (Å²) < 4.78 is 17.4. The molecule has 2 aromatic rings. The Hall–Kier alpha value is -3.02. The number of ether oxygens (including phenoxy) is 3. The van der Waals surface area contributed by atoms with Crippen LogP contribution < -0.4 is 9.47 Å². The van der Waals surface area contributed by atoms with Crippen LogP contribution in [0.4, 0.5) is 4.79 Å². The minimum atomic E-state index is -0.891. The predicted molar refractivity (Wildman–Crippen MR) is 130 cm³/mol. The first-order valence-electron chi connectivity index (χ1n) is 12.2. The van der Waals surface area contributed by atoms with Crippen LogP contribution in [0.15, 0.2) is 48.5 Å². The van der Waals surface area contributed by atoms with Gasteiger partial charge in [-0.25, -0.2) is 9.69 Å². The van der Waals surface area contributed by atoms with Crippen molar-refractivity contribution >= 4 is 12.0 Å². The molecule has 1 unspecified atom stereocenters. The highest BCUT2D eigenvalue weighted by atomic mass is 16.6. The second kappa shape index (κ2) is 9.69.